The van der Waals surface area contributed by atoms with Gasteiger partial charge in [-0.1, -0.05) is 15.9 Å². The third-order valence-electron chi connectivity index (χ3n) is 3.83. The van der Waals surface area contributed by atoms with E-state index in [4.69, 9.17) is 4.74 Å². The van der Waals surface area contributed by atoms with Crippen molar-refractivity contribution in [3.63, 3.8) is 0 Å². The van der Waals surface area contributed by atoms with Gasteiger partial charge in [-0.15, -0.1) is 0 Å². The summed E-state index contributed by atoms with van der Waals surface area (Å²) in [5.74, 6) is 0.672. The molecule has 1 aromatic heterocycles. The van der Waals surface area contributed by atoms with Gasteiger partial charge in [0.2, 0.25) is 0 Å². The van der Waals surface area contributed by atoms with E-state index in [0.29, 0.717) is 6.54 Å². The highest BCUT2D eigenvalue weighted by atomic mass is 79.9. The van der Waals surface area contributed by atoms with E-state index in [-0.39, 0.29) is 11.9 Å². The maximum atomic E-state index is 11.8. The number of piperidine rings is 1. The first-order valence-electron chi connectivity index (χ1n) is 6.92. The molecule has 2 heterocycles. The van der Waals surface area contributed by atoms with Crippen LogP contribution in [0.4, 0.5) is 5.82 Å². The minimum Gasteiger partial charge on any atom is -0.469 e. The molecule has 3 rings (SSSR count). The van der Waals surface area contributed by atoms with Crippen molar-refractivity contribution in [1.82, 2.24) is 9.97 Å². The van der Waals surface area contributed by atoms with Crippen LogP contribution >= 0.6 is 15.9 Å². The molecule has 0 N–H and O–H groups in total. The Morgan fingerprint density at radius 3 is 3.10 bits per heavy atom. The van der Waals surface area contributed by atoms with Gasteiger partial charge < -0.3 is 9.64 Å². The molecule has 5 nitrogen and oxygen atoms in total. The summed E-state index contributed by atoms with van der Waals surface area (Å²) in [6.07, 6.45) is 3.41. The number of hydrogen-bond donors (Lipinski definition) is 0. The largest absolute Gasteiger partial charge is 0.469 e. The second-order valence-corrected chi connectivity index (χ2v) is 6.08. The Kier molecular flexibility index (Phi) is 4.05. The molecule has 21 heavy (non-hydrogen) atoms. The minimum atomic E-state index is -0.138. The van der Waals surface area contributed by atoms with Gasteiger partial charge in [-0.25, -0.2) is 9.97 Å². The van der Waals surface area contributed by atoms with Crippen LogP contribution in [0.3, 0.4) is 0 Å². The number of benzene rings is 1. The number of esters is 1. The lowest BCUT2D eigenvalue weighted by atomic mass is 9.98. The van der Waals surface area contributed by atoms with Crippen molar-refractivity contribution in [1.29, 1.82) is 0 Å². The summed E-state index contributed by atoms with van der Waals surface area (Å²) >= 11 is 3.46. The number of methoxy groups -OCH3 is 1. The topological polar surface area (TPSA) is 55.3 Å². The summed E-state index contributed by atoms with van der Waals surface area (Å²) in [5, 5.41) is 1.01. The monoisotopic (exact) mass is 349 g/mol. The SMILES string of the molecule is COC(=O)C1CCCN(c2ncnc3cc(Br)ccc23)C1. The molecule has 0 saturated carbocycles. The number of carbonyl (C=O) groups is 1. The quantitative estimate of drug-likeness (QED) is 0.780. The van der Waals surface area contributed by atoms with E-state index in [2.05, 4.69) is 30.8 Å². The maximum Gasteiger partial charge on any atom is 0.310 e. The van der Waals surface area contributed by atoms with Crippen LogP contribution in [0, 0.1) is 5.92 Å². The van der Waals surface area contributed by atoms with E-state index in [0.717, 1.165) is 40.6 Å². The molecule has 1 aliphatic heterocycles. The number of nitrogens with zero attached hydrogens (tertiary/aromatic N) is 3. The molecule has 1 atom stereocenters. The van der Waals surface area contributed by atoms with Gasteiger partial charge in [0, 0.05) is 22.9 Å². The van der Waals surface area contributed by atoms with Crippen molar-refractivity contribution < 1.29 is 9.53 Å². The summed E-state index contributed by atoms with van der Waals surface area (Å²) in [5.41, 5.74) is 0.898. The first-order chi connectivity index (χ1) is 10.2. The third-order valence-corrected chi connectivity index (χ3v) is 4.33. The van der Waals surface area contributed by atoms with Crippen LogP contribution in [0.1, 0.15) is 12.8 Å². The number of ether oxygens (including phenoxy) is 1. The molecule has 0 bridgehead atoms. The van der Waals surface area contributed by atoms with Crippen LogP contribution in [-0.2, 0) is 9.53 Å². The van der Waals surface area contributed by atoms with Gasteiger partial charge in [-0.3, -0.25) is 4.79 Å². The molecule has 1 unspecified atom stereocenters. The Hall–Kier alpha value is -1.69. The molecule has 2 aromatic rings. The van der Waals surface area contributed by atoms with Crippen LogP contribution < -0.4 is 4.90 Å². The van der Waals surface area contributed by atoms with Gasteiger partial charge in [0.15, 0.2) is 0 Å². The van der Waals surface area contributed by atoms with E-state index in [9.17, 15) is 4.79 Å². The van der Waals surface area contributed by atoms with Crippen molar-refractivity contribution in [2.24, 2.45) is 5.92 Å². The minimum absolute atomic E-state index is 0.0794. The van der Waals surface area contributed by atoms with Crippen LogP contribution in [-0.4, -0.2) is 36.1 Å². The average Bonchev–Trinajstić information content (AvgIpc) is 2.53. The molecule has 0 amide bonds. The van der Waals surface area contributed by atoms with Gasteiger partial charge in [-0.2, -0.15) is 0 Å². The highest BCUT2D eigenvalue weighted by molar-refractivity contribution is 9.10. The number of carbonyl (C=O) groups excluding carboxylic acids is 1. The Bertz CT molecular complexity index is 677. The predicted molar refractivity (Wildman–Crippen MR) is 84.2 cm³/mol. The Labute approximate surface area is 131 Å². The molecule has 0 spiro atoms. The van der Waals surface area contributed by atoms with Crippen LogP contribution in [0.25, 0.3) is 10.9 Å². The molecular weight excluding hydrogens is 334 g/mol. The Balaban J connectivity index is 1.94. The lowest BCUT2D eigenvalue weighted by Crippen LogP contribution is -2.39. The molecule has 1 aliphatic rings. The van der Waals surface area contributed by atoms with E-state index in [1.165, 1.54) is 7.11 Å². The van der Waals surface area contributed by atoms with E-state index in [1.807, 2.05) is 18.2 Å². The van der Waals surface area contributed by atoms with Gasteiger partial charge in [0.1, 0.15) is 12.1 Å². The number of hydrogen-bond acceptors (Lipinski definition) is 5. The summed E-state index contributed by atoms with van der Waals surface area (Å²) in [6.45, 7) is 1.55. The number of aromatic nitrogens is 2. The van der Waals surface area contributed by atoms with Crippen molar-refractivity contribution >= 4 is 38.6 Å². The van der Waals surface area contributed by atoms with Crippen molar-refractivity contribution in [2.75, 3.05) is 25.1 Å². The van der Waals surface area contributed by atoms with Crippen molar-refractivity contribution in [2.45, 2.75) is 12.8 Å². The normalized spacial score (nSPS) is 18.8. The molecule has 6 heteroatoms. The zero-order valence-corrected chi connectivity index (χ0v) is 13.3. The molecule has 0 radical (unpaired) electrons. The fourth-order valence-electron chi connectivity index (χ4n) is 2.80. The first kappa shape index (κ1) is 14.3. The summed E-state index contributed by atoms with van der Waals surface area (Å²) in [7, 11) is 1.44. The van der Waals surface area contributed by atoms with Crippen molar-refractivity contribution in [3.8, 4) is 0 Å². The zero-order chi connectivity index (χ0) is 14.8. The fourth-order valence-corrected chi connectivity index (χ4v) is 3.15. The van der Waals surface area contributed by atoms with E-state index >= 15 is 0 Å². The Morgan fingerprint density at radius 2 is 2.29 bits per heavy atom. The molecule has 1 fully saturated rings. The fraction of sp³-hybridized carbons (Fsp3) is 0.400. The number of halogens is 1. The third kappa shape index (κ3) is 2.85. The lowest BCUT2D eigenvalue weighted by Gasteiger charge is -2.32. The lowest BCUT2D eigenvalue weighted by molar-refractivity contribution is -0.145. The summed E-state index contributed by atoms with van der Waals surface area (Å²) in [4.78, 5) is 22.7. The Morgan fingerprint density at radius 1 is 1.43 bits per heavy atom. The molecule has 1 aromatic carbocycles. The van der Waals surface area contributed by atoms with Gasteiger partial charge in [0.05, 0.1) is 18.5 Å². The molecular formula is C15H16BrN3O2. The van der Waals surface area contributed by atoms with Gasteiger partial charge in [-0.05, 0) is 31.0 Å². The maximum absolute atomic E-state index is 11.8. The first-order valence-corrected chi connectivity index (χ1v) is 7.71. The summed E-state index contributed by atoms with van der Waals surface area (Å²) < 4.78 is 5.86. The van der Waals surface area contributed by atoms with E-state index in [1.54, 1.807) is 6.33 Å². The highest BCUT2D eigenvalue weighted by Crippen LogP contribution is 2.29. The summed E-state index contributed by atoms with van der Waals surface area (Å²) in [6, 6.07) is 5.97. The average molecular weight is 350 g/mol. The molecule has 1 saturated heterocycles. The zero-order valence-electron chi connectivity index (χ0n) is 11.8. The van der Waals surface area contributed by atoms with Crippen molar-refractivity contribution in [3.05, 3.63) is 29.0 Å². The van der Waals surface area contributed by atoms with E-state index < -0.39 is 0 Å². The molecule has 110 valence electrons. The van der Waals surface area contributed by atoms with Crippen LogP contribution in [0.2, 0.25) is 0 Å². The number of anilines is 1. The molecule has 0 aliphatic carbocycles. The predicted octanol–water partition coefficient (Wildman–Crippen LogP) is 2.78. The van der Waals surface area contributed by atoms with Gasteiger partial charge in [0.25, 0.3) is 0 Å². The van der Waals surface area contributed by atoms with Crippen LogP contribution in [0.15, 0.2) is 29.0 Å². The van der Waals surface area contributed by atoms with Gasteiger partial charge >= 0.3 is 5.97 Å². The second-order valence-electron chi connectivity index (χ2n) is 5.17. The second kappa shape index (κ2) is 5.97. The number of fused-ring (bicyclic) bond motifs is 1. The number of rotatable bonds is 2. The highest BCUT2D eigenvalue weighted by Gasteiger charge is 2.27. The standard InChI is InChI=1S/C15H16BrN3O2/c1-21-15(20)10-3-2-6-19(8-10)14-12-5-4-11(16)7-13(12)17-9-18-14/h4-5,7,9-10H,2-3,6,8H2,1H3. The van der Waals surface area contributed by atoms with Crippen LogP contribution in [0.5, 0.6) is 0 Å². The smallest absolute Gasteiger partial charge is 0.310 e.